The normalized spacial score (nSPS) is 14.1. The van der Waals surface area contributed by atoms with Crippen LogP contribution in [0.1, 0.15) is 21.5 Å². The molecule has 0 atom stereocenters. The lowest BCUT2D eigenvalue weighted by Crippen LogP contribution is -2.12. The molecule has 5 heteroatoms. The van der Waals surface area contributed by atoms with Gasteiger partial charge in [-0.2, -0.15) is 0 Å². The van der Waals surface area contributed by atoms with Gasteiger partial charge in [0.25, 0.3) is 5.91 Å². The fourth-order valence-corrected chi connectivity index (χ4v) is 2.43. The van der Waals surface area contributed by atoms with Gasteiger partial charge in [0.1, 0.15) is 0 Å². The number of amides is 1. The van der Waals surface area contributed by atoms with Crippen LogP contribution < -0.4 is 11.1 Å². The van der Waals surface area contributed by atoms with Crippen molar-refractivity contribution in [2.24, 2.45) is 0 Å². The van der Waals surface area contributed by atoms with Crippen molar-refractivity contribution in [2.75, 3.05) is 18.1 Å². The molecule has 2 aromatic rings. The van der Waals surface area contributed by atoms with E-state index in [1.165, 1.54) is 23.5 Å². The minimum atomic E-state index is -0.198. The Morgan fingerprint density at radius 2 is 2.05 bits per heavy atom. The number of pyridine rings is 1. The van der Waals surface area contributed by atoms with Crippen molar-refractivity contribution in [1.29, 1.82) is 0 Å². The quantitative estimate of drug-likeness (QED) is 0.872. The maximum Gasteiger partial charge on any atom is 0.257 e. The van der Waals surface area contributed by atoms with Crippen LogP contribution in [0.25, 0.3) is 0 Å². The summed E-state index contributed by atoms with van der Waals surface area (Å²) < 4.78 is 0. The van der Waals surface area contributed by atoms with Crippen molar-refractivity contribution >= 4 is 17.3 Å². The molecule has 3 N–H and O–H groups in total. The largest absolute Gasteiger partial charge is 0.397 e. The molecule has 0 bridgehead atoms. The molecule has 0 aliphatic carbocycles. The summed E-state index contributed by atoms with van der Waals surface area (Å²) in [7, 11) is 2.08. The first-order valence-corrected chi connectivity index (χ1v) is 6.44. The van der Waals surface area contributed by atoms with Gasteiger partial charge < -0.3 is 11.1 Å². The molecule has 0 saturated heterocycles. The van der Waals surface area contributed by atoms with Gasteiger partial charge in [-0.25, -0.2) is 0 Å². The summed E-state index contributed by atoms with van der Waals surface area (Å²) in [4.78, 5) is 18.3. The summed E-state index contributed by atoms with van der Waals surface area (Å²) >= 11 is 0. The first-order valence-electron chi connectivity index (χ1n) is 6.44. The van der Waals surface area contributed by atoms with Crippen LogP contribution in [0.2, 0.25) is 0 Å². The Hall–Kier alpha value is -2.40. The molecule has 5 nitrogen and oxygen atoms in total. The fraction of sp³-hybridized carbons (Fsp3) is 0.200. The third-order valence-electron chi connectivity index (χ3n) is 3.37. The Labute approximate surface area is 117 Å². The number of nitrogens with zero attached hydrogens (tertiary/aromatic N) is 2. The zero-order valence-corrected chi connectivity index (χ0v) is 11.3. The van der Waals surface area contributed by atoms with E-state index >= 15 is 0 Å². The Balaban J connectivity index is 1.79. The summed E-state index contributed by atoms with van der Waals surface area (Å²) in [6.07, 6.45) is 3.02. The van der Waals surface area contributed by atoms with Crippen molar-refractivity contribution in [3.05, 3.63) is 53.3 Å². The topological polar surface area (TPSA) is 71.2 Å². The molecule has 0 fully saturated rings. The fourth-order valence-electron chi connectivity index (χ4n) is 2.43. The zero-order valence-electron chi connectivity index (χ0n) is 11.3. The molecule has 0 saturated carbocycles. The lowest BCUT2D eigenvalue weighted by Gasteiger charge is -2.07. The number of hydrogen-bond acceptors (Lipinski definition) is 4. The van der Waals surface area contributed by atoms with Crippen molar-refractivity contribution in [3.63, 3.8) is 0 Å². The van der Waals surface area contributed by atoms with E-state index in [9.17, 15) is 4.79 Å². The molecular formula is C15H16N4O. The van der Waals surface area contributed by atoms with E-state index in [1.807, 2.05) is 12.1 Å². The molecule has 1 aliphatic rings. The molecule has 2 heterocycles. The Morgan fingerprint density at radius 3 is 2.85 bits per heavy atom. The highest BCUT2D eigenvalue weighted by atomic mass is 16.1. The Kier molecular flexibility index (Phi) is 3.12. The zero-order chi connectivity index (χ0) is 14.1. The third-order valence-corrected chi connectivity index (χ3v) is 3.37. The van der Waals surface area contributed by atoms with Gasteiger partial charge in [-0.05, 0) is 36.4 Å². The molecular weight excluding hydrogens is 252 g/mol. The molecule has 0 unspecified atom stereocenters. The van der Waals surface area contributed by atoms with Crippen molar-refractivity contribution in [2.45, 2.75) is 13.1 Å². The van der Waals surface area contributed by atoms with Gasteiger partial charge in [0, 0.05) is 31.2 Å². The summed E-state index contributed by atoms with van der Waals surface area (Å²) in [6.45, 7) is 1.88. The number of rotatable bonds is 2. The predicted molar refractivity (Wildman–Crippen MR) is 78.2 cm³/mol. The smallest absolute Gasteiger partial charge is 0.257 e. The summed E-state index contributed by atoms with van der Waals surface area (Å²) in [5, 5.41) is 2.88. The van der Waals surface area contributed by atoms with Crippen molar-refractivity contribution < 1.29 is 4.79 Å². The highest BCUT2D eigenvalue weighted by molar-refractivity contribution is 6.04. The second kappa shape index (κ2) is 4.94. The van der Waals surface area contributed by atoms with E-state index in [0.29, 0.717) is 11.3 Å². The Bertz CT molecular complexity index is 669. The number of nitrogens with one attached hydrogen (secondary N) is 1. The lowest BCUT2D eigenvalue weighted by atomic mass is 10.1. The number of benzene rings is 1. The standard InChI is InChI=1S/C15H16N4O/c1-19-8-10-2-3-14(5-12(10)9-19)18-15(20)11-4-13(16)7-17-6-11/h2-7H,8-9,16H2,1H3,(H,18,20). The van der Waals surface area contributed by atoms with Gasteiger partial charge in [0.05, 0.1) is 11.3 Å². The first-order chi connectivity index (χ1) is 9.61. The van der Waals surface area contributed by atoms with E-state index in [-0.39, 0.29) is 5.91 Å². The number of nitrogens with two attached hydrogens (primary N) is 1. The van der Waals surface area contributed by atoms with Crippen LogP contribution >= 0.6 is 0 Å². The molecule has 102 valence electrons. The second-order valence-electron chi connectivity index (χ2n) is 5.12. The van der Waals surface area contributed by atoms with Gasteiger partial charge in [-0.3, -0.25) is 14.7 Å². The van der Waals surface area contributed by atoms with Crippen LogP contribution in [0.3, 0.4) is 0 Å². The first kappa shape index (κ1) is 12.6. The maximum absolute atomic E-state index is 12.1. The van der Waals surface area contributed by atoms with Crippen molar-refractivity contribution in [1.82, 2.24) is 9.88 Å². The number of aromatic nitrogens is 1. The number of carbonyl (C=O) groups excluding carboxylic acids is 1. The number of hydrogen-bond donors (Lipinski definition) is 2. The van der Waals surface area contributed by atoms with E-state index in [4.69, 9.17) is 5.73 Å². The molecule has 1 aliphatic heterocycles. The number of nitrogen functional groups attached to an aromatic ring is 1. The molecule has 0 radical (unpaired) electrons. The van der Waals surface area contributed by atoms with Crippen LogP contribution in [0.4, 0.5) is 11.4 Å². The number of anilines is 2. The van der Waals surface area contributed by atoms with E-state index in [1.54, 1.807) is 6.07 Å². The van der Waals surface area contributed by atoms with E-state index < -0.39 is 0 Å². The SMILES string of the molecule is CN1Cc2ccc(NC(=O)c3cncc(N)c3)cc2C1. The van der Waals surface area contributed by atoms with E-state index in [0.717, 1.165) is 18.8 Å². The van der Waals surface area contributed by atoms with Crippen LogP contribution in [-0.2, 0) is 13.1 Å². The van der Waals surface area contributed by atoms with Gasteiger partial charge in [0.15, 0.2) is 0 Å². The van der Waals surface area contributed by atoms with Gasteiger partial charge in [-0.15, -0.1) is 0 Å². The minimum Gasteiger partial charge on any atom is -0.397 e. The Morgan fingerprint density at radius 1 is 1.25 bits per heavy atom. The van der Waals surface area contributed by atoms with Crippen LogP contribution in [0.5, 0.6) is 0 Å². The molecule has 1 aromatic carbocycles. The minimum absolute atomic E-state index is 0.198. The third kappa shape index (κ3) is 2.48. The number of carbonyl (C=O) groups is 1. The molecule has 3 rings (SSSR count). The molecule has 0 spiro atoms. The molecule has 20 heavy (non-hydrogen) atoms. The highest BCUT2D eigenvalue weighted by Gasteiger charge is 2.16. The molecule has 1 amide bonds. The van der Waals surface area contributed by atoms with Gasteiger partial charge in [-0.1, -0.05) is 6.07 Å². The van der Waals surface area contributed by atoms with Crippen LogP contribution in [-0.4, -0.2) is 22.8 Å². The monoisotopic (exact) mass is 268 g/mol. The van der Waals surface area contributed by atoms with Gasteiger partial charge >= 0.3 is 0 Å². The van der Waals surface area contributed by atoms with E-state index in [2.05, 4.69) is 28.3 Å². The van der Waals surface area contributed by atoms with Crippen molar-refractivity contribution in [3.8, 4) is 0 Å². The predicted octanol–water partition coefficient (Wildman–Crippen LogP) is 1.86. The summed E-state index contributed by atoms with van der Waals surface area (Å²) in [5.41, 5.74) is 9.95. The van der Waals surface area contributed by atoms with Crippen LogP contribution in [0.15, 0.2) is 36.7 Å². The molecule has 1 aromatic heterocycles. The summed E-state index contributed by atoms with van der Waals surface area (Å²) in [6, 6.07) is 7.63. The average molecular weight is 268 g/mol. The maximum atomic E-state index is 12.1. The highest BCUT2D eigenvalue weighted by Crippen LogP contribution is 2.24. The van der Waals surface area contributed by atoms with Gasteiger partial charge in [0.2, 0.25) is 0 Å². The second-order valence-corrected chi connectivity index (χ2v) is 5.12. The average Bonchev–Trinajstić information content (AvgIpc) is 2.78. The lowest BCUT2D eigenvalue weighted by molar-refractivity contribution is 0.102. The summed E-state index contributed by atoms with van der Waals surface area (Å²) in [5.74, 6) is -0.198. The number of fused-ring (bicyclic) bond motifs is 1. The van der Waals surface area contributed by atoms with Crippen LogP contribution in [0, 0.1) is 0 Å².